The molecule has 19 rings (SSSR count). The van der Waals surface area contributed by atoms with Gasteiger partial charge in [-0.05, 0) is 184 Å². The number of rotatable bonds is 13. The Labute approximate surface area is 787 Å². The third-order valence-electron chi connectivity index (χ3n) is 19.3. The average molecular weight is 2100 g/mol. The van der Waals surface area contributed by atoms with Crippen LogP contribution in [0.15, 0.2) is 369 Å². The van der Waals surface area contributed by atoms with E-state index >= 15 is 0 Å². The maximum Gasteiger partial charge on any atom is -0.0134 e. The van der Waals surface area contributed by atoms with Gasteiger partial charge in [0.05, 0.1) is 35.0 Å². The fourth-order valence-corrected chi connectivity index (χ4v) is 19.0. The molecule has 0 radical (unpaired) electrons. The normalized spacial score (nSPS) is 12.0. The Morgan fingerprint density at radius 3 is 1.13 bits per heavy atom. The van der Waals surface area contributed by atoms with Crippen molar-refractivity contribution in [3.63, 3.8) is 0 Å². The molecule has 644 valence electrons. The van der Waals surface area contributed by atoms with E-state index in [1.54, 1.807) is 100 Å². The summed E-state index contributed by atoms with van der Waals surface area (Å²) >= 11 is 8.78. The Morgan fingerprint density at radius 2 is 0.756 bits per heavy atom. The van der Waals surface area contributed by atoms with Crippen LogP contribution < -0.4 is 42.8 Å². The van der Waals surface area contributed by atoms with E-state index in [-0.39, 0.29) is 75.4 Å². The maximum atomic E-state index is 14.4. The number of pyridine rings is 5. The van der Waals surface area contributed by atoms with Crippen molar-refractivity contribution in [3.8, 4) is 55.9 Å². The average Bonchev–Trinajstić information content (AvgIpc) is 1.70. The molecule has 1 aliphatic rings. The van der Waals surface area contributed by atoms with E-state index in [1.165, 1.54) is 62.4 Å². The van der Waals surface area contributed by atoms with E-state index in [1.807, 2.05) is 110 Å². The van der Waals surface area contributed by atoms with Crippen molar-refractivity contribution >= 4 is 169 Å². The zero-order valence-corrected chi connectivity index (χ0v) is 79.2. The van der Waals surface area contributed by atoms with Crippen LogP contribution in [0.1, 0.15) is 35.1 Å². The number of aryl methyl sites for hydroxylation is 3. The Bertz CT molecular complexity index is 6160. The minimum Gasteiger partial charge on any atom is -0.0622 e. The van der Waals surface area contributed by atoms with Crippen LogP contribution in [-0.4, -0.2) is 110 Å². The second kappa shape index (κ2) is 48.0. The quantitative estimate of drug-likeness (QED) is 0.0621. The van der Waals surface area contributed by atoms with Gasteiger partial charge in [0.2, 0.25) is 0 Å². The summed E-state index contributed by atoms with van der Waals surface area (Å²) < 4.78 is 48.4. The number of fused-ring (bicyclic) bond motifs is 2. The second-order valence-electron chi connectivity index (χ2n) is 28.7. The molecule has 2 N–H and O–H groups in total. The molecule has 11 heterocycles. The summed E-state index contributed by atoms with van der Waals surface area (Å²) in [6, 6.07) is 86.6. The van der Waals surface area contributed by atoms with Crippen LogP contribution in [0.3, 0.4) is 0 Å². The Kier molecular flexibility index (Phi) is 36.7. The van der Waals surface area contributed by atoms with E-state index in [2.05, 4.69) is 297 Å². The van der Waals surface area contributed by atoms with E-state index in [9.17, 15) is 18.8 Å². The molecule has 127 heavy (non-hydrogen) atoms. The fourth-order valence-electron chi connectivity index (χ4n) is 12.7. The number of halogens is 7. The van der Waals surface area contributed by atoms with Crippen molar-refractivity contribution in [2.75, 3.05) is 0 Å². The number of nitrogens with zero attached hydrogens (tertiary/aromatic N) is 15. The number of hydrogen-bond acceptors (Lipinski definition) is 16. The summed E-state index contributed by atoms with van der Waals surface area (Å²) in [4.78, 5) is 38.0. The van der Waals surface area contributed by atoms with Crippen molar-refractivity contribution < 1.29 is 44.1 Å². The van der Waals surface area contributed by atoms with Gasteiger partial charge in [-0.25, -0.2) is 28.7 Å². The zero-order chi connectivity index (χ0) is 89.0. The van der Waals surface area contributed by atoms with Gasteiger partial charge in [0.15, 0.2) is 11.3 Å². The number of benzene rings is 8. The topological polar surface area (TPSA) is 228 Å². The molecule has 18 aromatic rings. The first kappa shape index (κ1) is 97.1. The number of hydrogen-bond donors (Lipinski definition) is 2. The molecule has 1 fully saturated rings. The summed E-state index contributed by atoms with van der Waals surface area (Å²) in [7, 11) is 12.3. The van der Waals surface area contributed by atoms with Crippen LogP contribution >= 0.6 is 89.4 Å². The minimum atomic E-state index is -1.73. The van der Waals surface area contributed by atoms with E-state index < -0.39 is 28.8 Å². The molecular formula is C96H86B2Br2Cl2F2IN15O4P2Pd. The van der Waals surface area contributed by atoms with Crippen LogP contribution in [0.5, 0.6) is 0 Å². The summed E-state index contributed by atoms with van der Waals surface area (Å²) in [6.07, 6.45) is 28.0. The largest absolute Gasteiger partial charge is 0.0622 e. The van der Waals surface area contributed by atoms with Crippen LogP contribution in [0.2, 0.25) is 0 Å². The molecule has 0 bridgehead atoms. The van der Waals surface area contributed by atoms with Gasteiger partial charge in [-0.2, -0.15) is 15.3 Å². The maximum absolute atomic E-state index is 14.4. The fraction of sp³-hybridized carbons (Fsp3) is 0.104. The predicted octanol–water partition coefficient (Wildman–Crippen LogP) is 19.1. The van der Waals surface area contributed by atoms with Crippen molar-refractivity contribution in [3.05, 3.63) is 384 Å². The molecule has 10 aromatic heterocycles. The summed E-state index contributed by atoms with van der Waals surface area (Å²) in [5, 5.41) is 39.7. The number of aromatic nitrogens is 15. The van der Waals surface area contributed by atoms with Crippen LogP contribution in [0.4, 0.5) is 8.78 Å². The van der Waals surface area contributed by atoms with Crippen LogP contribution in [-0.2, 0) is 46.4 Å². The van der Waals surface area contributed by atoms with Crippen molar-refractivity contribution in [2.24, 2.45) is 21.1 Å². The Balaban J connectivity index is 0.000000146. The van der Waals surface area contributed by atoms with Crippen LogP contribution in [0.25, 0.3) is 78.2 Å². The van der Waals surface area contributed by atoms with Gasteiger partial charge in [0.1, 0.15) is 22.7 Å². The summed E-state index contributed by atoms with van der Waals surface area (Å²) in [5.41, 5.74) is 9.27. The van der Waals surface area contributed by atoms with E-state index in [4.69, 9.17) is 28.4 Å². The molecular weight excluding hydrogens is 2010 g/mol. The third kappa shape index (κ3) is 27.3. The monoisotopic (exact) mass is 2100 g/mol. The molecule has 0 amide bonds. The first-order valence-corrected chi connectivity index (χ1v) is 48.3. The van der Waals surface area contributed by atoms with Gasteiger partial charge in [-0.15, -0.1) is 0 Å². The molecule has 8 aromatic carbocycles. The van der Waals surface area contributed by atoms with Gasteiger partial charge in [-0.3, -0.25) is 39.0 Å². The summed E-state index contributed by atoms with van der Waals surface area (Å²) in [5.74, 6) is -0.780. The van der Waals surface area contributed by atoms with Gasteiger partial charge in [0, 0.05) is 176 Å². The zero-order valence-electron chi connectivity index (χ0n) is 69.0. The molecule has 0 aliphatic carbocycles. The van der Waals surface area contributed by atoms with Crippen molar-refractivity contribution in [2.45, 2.75) is 46.3 Å². The first-order chi connectivity index (χ1) is 61.0. The van der Waals surface area contributed by atoms with Gasteiger partial charge in [-0.1, -0.05) is 214 Å². The van der Waals surface area contributed by atoms with Crippen LogP contribution in [0, 0.1) is 15.2 Å². The molecule has 0 unspecified atom stereocenters. The van der Waals surface area contributed by atoms with E-state index in [0.29, 0.717) is 22.4 Å². The smallest absolute Gasteiger partial charge is 0.0134 e. The minimum absolute atomic E-state index is 0. The predicted molar refractivity (Wildman–Crippen MR) is 527 cm³/mol. The molecule has 0 spiro atoms. The third-order valence-corrected chi connectivity index (χ3v) is 25.7. The molecule has 0 saturated carbocycles. The van der Waals surface area contributed by atoms with Gasteiger partial charge >= 0.3 is 49.2 Å². The first-order valence-electron chi connectivity index (χ1n) is 39.0. The van der Waals surface area contributed by atoms with Gasteiger partial charge < -0.3 is 19.4 Å². The summed E-state index contributed by atoms with van der Waals surface area (Å²) in [6.45, 7) is 8.18. The van der Waals surface area contributed by atoms with Gasteiger partial charge in [0.25, 0.3) is 0 Å². The van der Waals surface area contributed by atoms with E-state index in [0.717, 1.165) is 51.4 Å². The molecule has 1 aliphatic heterocycles. The molecule has 19 nitrogen and oxygen atoms in total. The standard InChI is InChI=1S/C22H15FN6.2C18H15P.C13H9BFN3O2.C10H17BN2O2.C9H8BrN3.C5H3BrIN.CH4.2ClH.Pd/c1-29-13-16(12-27-29)14-8-15(11-24-10-14)18-9-20(17-4-2-3-5-19(17)23)28-22-21(18)25-6-7-26-22;2*1-4-10-16(11-5-1)19(17-12-6-2-7-13-17)18-14-8-3-9-15-18;15-10-4-2-1-3-8(10)11-7-9(14(19)20)12-13(18-11)17-6-5-16-12;1-9(2)10(3,4)15-11(14-9)8-6-12-13(5)7-8;1-13-6-8(4-12-13)7-2-9(10)5-11-3-7;6-4-1-5(7)3-8-2-4;;;;/h2-13H,1H3;2*1-15H;1-7,19-20H;6-7H,1-5H3;2-6H,1H3;1-3H;1H4;2*1H;/q;;;;;;;;;;+2/p-2. The molecule has 31 heteroatoms. The SMILES string of the molecule is Brc1cncc(I)c1.C.Cn1cc(-c2cncc(-c3cc(-c4ccccc4F)nc4nccnc34)c2)cn1.Cn1cc(-c2cncc(Br)c2)cn1.Cn1cc(B2OC(C)(C)C(C)(C)O2)cn1.OB(O)c1cc(-c2ccccc2F)nc2nccnc12.[Cl][Pd][Cl].c1ccc(P(c2ccccc2)c2ccccc2)cc1.c1ccc(P(c2ccccc2)c2ccccc2)cc1. The molecule has 1 saturated heterocycles. The second-order valence-corrected chi connectivity index (χ2v) is 38.6. The van der Waals surface area contributed by atoms with Crippen molar-refractivity contribution in [1.82, 2.24) is 74.2 Å². The van der Waals surface area contributed by atoms with Crippen molar-refractivity contribution in [1.29, 1.82) is 0 Å². The molecule has 0 atom stereocenters. The Hall–Kier alpha value is -10.6. The Morgan fingerprint density at radius 1 is 0.409 bits per heavy atom.